The molecule has 5 heteroatoms. The van der Waals surface area contributed by atoms with Crippen LogP contribution in [-0.4, -0.2) is 29.0 Å². The van der Waals surface area contributed by atoms with Gasteiger partial charge >= 0.3 is 0 Å². The number of nitrogens with zero attached hydrogens (tertiary/aromatic N) is 2. The van der Waals surface area contributed by atoms with E-state index in [9.17, 15) is 0 Å². The van der Waals surface area contributed by atoms with Gasteiger partial charge in [0.15, 0.2) is 0 Å². The second-order valence-electron chi connectivity index (χ2n) is 3.77. The average Bonchev–Trinajstić information content (AvgIpc) is 2.56. The Hall–Kier alpha value is -0.160. The normalized spacial score (nSPS) is 21.3. The molecule has 0 aliphatic carbocycles. The van der Waals surface area contributed by atoms with Crippen molar-refractivity contribution in [2.24, 2.45) is 5.73 Å². The minimum atomic E-state index is 0. The summed E-state index contributed by atoms with van der Waals surface area (Å²) in [6.45, 7) is 3.08. The first-order valence-corrected chi connectivity index (χ1v) is 5.62. The third-order valence-corrected chi connectivity index (χ3v) is 2.97. The van der Waals surface area contributed by atoms with Crippen LogP contribution >= 0.6 is 28.3 Å². The lowest BCUT2D eigenvalue weighted by Gasteiger charge is -2.14. The second kappa shape index (κ2) is 5.80. The van der Waals surface area contributed by atoms with E-state index >= 15 is 0 Å². The van der Waals surface area contributed by atoms with Gasteiger partial charge in [0.2, 0.25) is 0 Å². The summed E-state index contributed by atoms with van der Waals surface area (Å²) >= 11 is 3.32. The lowest BCUT2D eigenvalue weighted by Crippen LogP contribution is -2.26. The number of hydrogen-bond acceptors (Lipinski definition) is 3. The molecule has 1 aromatic heterocycles. The van der Waals surface area contributed by atoms with Gasteiger partial charge in [-0.05, 0) is 34.0 Å². The van der Waals surface area contributed by atoms with E-state index < -0.39 is 0 Å². The maximum absolute atomic E-state index is 5.84. The molecule has 3 nitrogen and oxygen atoms in total. The van der Waals surface area contributed by atoms with Crippen LogP contribution < -0.4 is 5.73 Å². The van der Waals surface area contributed by atoms with Gasteiger partial charge in [-0.15, -0.1) is 12.4 Å². The first-order chi connectivity index (χ1) is 6.74. The fourth-order valence-electron chi connectivity index (χ4n) is 1.76. The van der Waals surface area contributed by atoms with Crippen LogP contribution in [0.1, 0.15) is 12.0 Å². The van der Waals surface area contributed by atoms with Gasteiger partial charge in [0.05, 0.1) is 0 Å². The molecule has 1 unspecified atom stereocenters. The van der Waals surface area contributed by atoms with Gasteiger partial charge in [-0.25, -0.2) is 4.98 Å². The first kappa shape index (κ1) is 12.9. The summed E-state index contributed by atoms with van der Waals surface area (Å²) in [5.41, 5.74) is 7.09. The fourth-order valence-corrected chi connectivity index (χ4v) is 2.00. The van der Waals surface area contributed by atoms with Crippen LogP contribution in [0.3, 0.4) is 0 Å². The molecule has 15 heavy (non-hydrogen) atoms. The molecule has 1 fully saturated rings. The van der Waals surface area contributed by atoms with Gasteiger partial charge < -0.3 is 5.73 Å². The minimum absolute atomic E-state index is 0. The van der Waals surface area contributed by atoms with Gasteiger partial charge in [-0.1, -0.05) is 6.07 Å². The number of hydrogen-bond donors (Lipinski definition) is 1. The summed E-state index contributed by atoms with van der Waals surface area (Å²) in [5, 5.41) is 0. The predicted molar refractivity (Wildman–Crippen MR) is 67.1 cm³/mol. The summed E-state index contributed by atoms with van der Waals surface area (Å²) < 4.78 is 0.888. The SMILES string of the molecule is Cl.NC1CCN(Cc2ccc(Br)nc2)C1. The van der Waals surface area contributed by atoms with E-state index in [2.05, 4.69) is 31.9 Å². The first-order valence-electron chi connectivity index (χ1n) is 4.82. The Morgan fingerprint density at radius 2 is 2.33 bits per heavy atom. The second-order valence-corrected chi connectivity index (χ2v) is 4.59. The Kier molecular flexibility index (Phi) is 4.99. The molecule has 0 saturated carbocycles. The van der Waals surface area contributed by atoms with Gasteiger partial charge in [0.1, 0.15) is 4.60 Å². The van der Waals surface area contributed by atoms with E-state index in [0.717, 1.165) is 30.7 Å². The van der Waals surface area contributed by atoms with Crippen LogP contribution in [0.5, 0.6) is 0 Å². The Morgan fingerprint density at radius 3 is 2.87 bits per heavy atom. The molecule has 0 bridgehead atoms. The van der Waals surface area contributed by atoms with Crippen molar-refractivity contribution in [3.63, 3.8) is 0 Å². The molecule has 1 atom stereocenters. The molecule has 1 saturated heterocycles. The van der Waals surface area contributed by atoms with E-state index in [0.29, 0.717) is 6.04 Å². The van der Waals surface area contributed by atoms with Crippen LogP contribution in [-0.2, 0) is 6.54 Å². The van der Waals surface area contributed by atoms with E-state index in [-0.39, 0.29) is 12.4 Å². The molecule has 0 radical (unpaired) electrons. The standard InChI is InChI=1S/C10H14BrN3.ClH/c11-10-2-1-8(5-13-10)6-14-4-3-9(12)7-14;/h1-2,5,9H,3-4,6-7,12H2;1H. The van der Waals surface area contributed by atoms with Crippen LogP contribution in [0.25, 0.3) is 0 Å². The third kappa shape index (κ3) is 3.72. The smallest absolute Gasteiger partial charge is 0.106 e. The van der Waals surface area contributed by atoms with Crippen LogP contribution in [0, 0.1) is 0 Å². The highest BCUT2D eigenvalue weighted by Gasteiger charge is 2.18. The number of likely N-dealkylation sites (tertiary alicyclic amines) is 1. The molecular weight excluding hydrogens is 277 g/mol. The zero-order valence-electron chi connectivity index (χ0n) is 8.40. The number of aromatic nitrogens is 1. The molecule has 2 rings (SSSR count). The van der Waals surface area contributed by atoms with Crippen molar-refractivity contribution in [2.45, 2.75) is 19.0 Å². The van der Waals surface area contributed by atoms with Crippen molar-refractivity contribution in [1.82, 2.24) is 9.88 Å². The van der Waals surface area contributed by atoms with E-state index in [4.69, 9.17) is 5.73 Å². The lowest BCUT2D eigenvalue weighted by atomic mass is 10.3. The number of rotatable bonds is 2. The van der Waals surface area contributed by atoms with Gasteiger partial charge in [-0.3, -0.25) is 4.90 Å². The van der Waals surface area contributed by atoms with E-state index in [1.54, 1.807) is 0 Å². The molecular formula is C10H15BrClN3. The van der Waals surface area contributed by atoms with Crippen LogP contribution in [0.2, 0.25) is 0 Å². The highest BCUT2D eigenvalue weighted by atomic mass is 79.9. The maximum atomic E-state index is 5.84. The number of pyridine rings is 1. The van der Waals surface area contributed by atoms with Crippen molar-refractivity contribution >= 4 is 28.3 Å². The Morgan fingerprint density at radius 1 is 1.53 bits per heavy atom. The highest BCUT2D eigenvalue weighted by Crippen LogP contribution is 2.13. The zero-order valence-corrected chi connectivity index (χ0v) is 10.8. The van der Waals surface area contributed by atoms with Crippen molar-refractivity contribution in [3.05, 3.63) is 28.5 Å². The third-order valence-electron chi connectivity index (χ3n) is 2.50. The fraction of sp³-hybridized carbons (Fsp3) is 0.500. The molecule has 0 amide bonds. The van der Waals surface area contributed by atoms with Gasteiger partial charge in [-0.2, -0.15) is 0 Å². The molecule has 0 aromatic carbocycles. The predicted octanol–water partition coefficient (Wildman–Crippen LogP) is 1.80. The average molecular weight is 293 g/mol. The molecule has 0 spiro atoms. The Bertz CT molecular complexity index is 304. The topological polar surface area (TPSA) is 42.1 Å². The van der Waals surface area contributed by atoms with Crippen molar-refractivity contribution in [1.29, 1.82) is 0 Å². The maximum Gasteiger partial charge on any atom is 0.106 e. The van der Waals surface area contributed by atoms with Crippen LogP contribution in [0.15, 0.2) is 22.9 Å². The summed E-state index contributed by atoms with van der Waals surface area (Å²) in [6.07, 6.45) is 3.03. The summed E-state index contributed by atoms with van der Waals surface area (Å²) in [7, 11) is 0. The highest BCUT2D eigenvalue weighted by molar-refractivity contribution is 9.10. The summed E-state index contributed by atoms with van der Waals surface area (Å²) in [5.74, 6) is 0. The Labute approximate surface area is 105 Å². The van der Waals surface area contributed by atoms with Gasteiger partial charge in [0.25, 0.3) is 0 Å². The number of nitrogens with two attached hydrogens (primary N) is 1. The Balaban J connectivity index is 0.00000112. The van der Waals surface area contributed by atoms with Crippen molar-refractivity contribution < 1.29 is 0 Å². The molecule has 1 aliphatic heterocycles. The zero-order chi connectivity index (χ0) is 9.97. The van der Waals surface area contributed by atoms with E-state index in [1.165, 1.54) is 5.56 Å². The molecule has 1 aliphatic rings. The molecule has 2 N–H and O–H groups in total. The molecule has 1 aromatic rings. The van der Waals surface area contributed by atoms with Crippen molar-refractivity contribution in [2.75, 3.05) is 13.1 Å². The van der Waals surface area contributed by atoms with Crippen molar-refractivity contribution in [3.8, 4) is 0 Å². The number of halogens is 2. The quantitative estimate of drug-likeness (QED) is 0.845. The summed E-state index contributed by atoms with van der Waals surface area (Å²) in [6, 6.07) is 4.44. The largest absolute Gasteiger partial charge is 0.326 e. The molecule has 84 valence electrons. The molecule has 2 heterocycles. The lowest BCUT2D eigenvalue weighted by molar-refractivity contribution is 0.326. The van der Waals surface area contributed by atoms with E-state index in [1.807, 2.05) is 12.3 Å². The monoisotopic (exact) mass is 291 g/mol. The summed E-state index contributed by atoms with van der Waals surface area (Å²) in [4.78, 5) is 6.57. The minimum Gasteiger partial charge on any atom is -0.326 e. The van der Waals surface area contributed by atoms with Gasteiger partial charge in [0, 0.05) is 31.9 Å². The van der Waals surface area contributed by atoms with Crippen LogP contribution in [0.4, 0.5) is 0 Å².